The third kappa shape index (κ3) is 1.68. The molecular formula is C12H15BrO. The highest BCUT2D eigenvalue weighted by Gasteiger charge is 2.22. The molecule has 1 aromatic carbocycles. The summed E-state index contributed by atoms with van der Waals surface area (Å²) in [5.41, 5.74) is 4.93. The fraction of sp³-hybridized carbons (Fsp3) is 0.500. The maximum atomic E-state index is 5.57. The second-order valence-electron chi connectivity index (χ2n) is 4.10. The van der Waals surface area contributed by atoms with Crippen molar-refractivity contribution in [3.8, 4) is 5.75 Å². The van der Waals surface area contributed by atoms with Gasteiger partial charge >= 0.3 is 0 Å². The van der Waals surface area contributed by atoms with Gasteiger partial charge in [-0.1, -0.05) is 13.0 Å². The third-order valence-corrected chi connectivity index (χ3v) is 3.17. The molecule has 0 fully saturated rings. The van der Waals surface area contributed by atoms with Crippen LogP contribution in [0.2, 0.25) is 0 Å². The van der Waals surface area contributed by atoms with Gasteiger partial charge in [0.15, 0.2) is 0 Å². The number of fused-ring (bicyclic) bond motifs is 1. The van der Waals surface area contributed by atoms with Crippen molar-refractivity contribution < 1.29 is 4.74 Å². The van der Waals surface area contributed by atoms with E-state index >= 15 is 0 Å². The summed E-state index contributed by atoms with van der Waals surface area (Å²) >= 11 is 3.31. The molecule has 0 heterocycles. The Bertz CT molecular complexity index is 346. The molecule has 76 valence electrons. The molecular weight excluding hydrogens is 240 g/mol. The maximum absolute atomic E-state index is 5.57. The second kappa shape index (κ2) is 3.93. The molecule has 1 aromatic rings. The highest BCUT2D eigenvalue weighted by Crippen LogP contribution is 2.35. The number of aryl methyl sites for hydroxylation is 1. The smallest absolute Gasteiger partial charge is 0.143 e. The summed E-state index contributed by atoms with van der Waals surface area (Å²) in [6.07, 6.45) is 2.37. The van der Waals surface area contributed by atoms with Crippen molar-refractivity contribution in [3.05, 3.63) is 28.8 Å². The topological polar surface area (TPSA) is 9.23 Å². The van der Waals surface area contributed by atoms with Crippen molar-refractivity contribution in [1.82, 2.24) is 0 Å². The molecule has 0 spiro atoms. The van der Waals surface area contributed by atoms with Gasteiger partial charge in [0, 0.05) is 0 Å². The molecule has 2 heteroatoms. The molecule has 0 aromatic heterocycles. The first-order chi connectivity index (χ1) is 6.72. The molecule has 1 nitrogen and oxygen atoms in total. The van der Waals surface area contributed by atoms with Gasteiger partial charge in [-0.15, -0.1) is 0 Å². The minimum atomic E-state index is 0.580. The summed E-state index contributed by atoms with van der Waals surface area (Å²) in [5.74, 6) is 1.83. The van der Waals surface area contributed by atoms with E-state index in [1.807, 2.05) is 0 Å². The Morgan fingerprint density at radius 3 is 2.79 bits per heavy atom. The quantitative estimate of drug-likeness (QED) is 0.735. The molecule has 0 N–H and O–H groups in total. The zero-order valence-corrected chi connectivity index (χ0v) is 10.2. The van der Waals surface area contributed by atoms with Crippen LogP contribution >= 0.6 is 15.9 Å². The Hall–Kier alpha value is -0.500. The normalized spacial score (nSPS) is 19.5. The number of benzene rings is 1. The minimum Gasteiger partial charge on any atom is -0.482 e. The van der Waals surface area contributed by atoms with Crippen molar-refractivity contribution in [3.63, 3.8) is 0 Å². The van der Waals surface area contributed by atoms with Gasteiger partial charge in [-0.2, -0.15) is 0 Å². The van der Waals surface area contributed by atoms with Crippen LogP contribution < -0.4 is 4.74 Å². The number of ether oxygens (including phenoxy) is 1. The van der Waals surface area contributed by atoms with Gasteiger partial charge in [-0.3, -0.25) is 0 Å². The molecule has 1 aliphatic carbocycles. The van der Waals surface area contributed by atoms with E-state index in [-0.39, 0.29) is 0 Å². The highest BCUT2D eigenvalue weighted by atomic mass is 79.9. The number of hydrogen-bond acceptors (Lipinski definition) is 1. The predicted molar refractivity (Wildman–Crippen MR) is 62.2 cm³/mol. The number of rotatable bonds is 2. The van der Waals surface area contributed by atoms with Crippen LogP contribution in [0.5, 0.6) is 5.75 Å². The van der Waals surface area contributed by atoms with Gasteiger partial charge in [0.25, 0.3) is 0 Å². The summed E-state index contributed by atoms with van der Waals surface area (Å²) in [6.45, 7) is 4.49. The fourth-order valence-corrected chi connectivity index (χ4v) is 2.51. The number of hydrogen-bond donors (Lipinski definition) is 0. The van der Waals surface area contributed by atoms with Crippen LogP contribution in [0.4, 0.5) is 0 Å². The van der Waals surface area contributed by atoms with E-state index in [2.05, 4.69) is 41.9 Å². The molecule has 0 radical (unpaired) electrons. The summed E-state index contributed by atoms with van der Waals surface area (Å²) in [6, 6.07) is 4.25. The van der Waals surface area contributed by atoms with Crippen LogP contribution in [-0.2, 0) is 12.8 Å². The first-order valence-electron chi connectivity index (χ1n) is 5.02. The van der Waals surface area contributed by atoms with Gasteiger partial charge in [0.05, 0.1) is 0 Å². The number of halogens is 1. The molecule has 0 amide bonds. The van der Waals surface area contributed by atoms with E-state index in [1.165, 1.54) is 29.5 Å². The van der Waals surface area contributed by atoms with Gasteiger partial charge in [0.1, 0.15) is 11.3 Å². The Morgan fingerprint density at radius 2 is 2.07 bits per heavy atom. The summed E-state index contributed by atoms with van der Waals surface area (Å²) in [4.78, 5) is 0. The first kappa shape index (κ1) is 10.0. The van der Waals surface area contributed by atoms with Gasteiger partial charge in [0.2, 0.25) is 0 Å². The van der Waals surface area contributed by atoms with Gasteiger partial charge in [-0.05, 0) is 64.4 Å². The molecule has 0 bridgehead atoms. The summed E-state index contributed by atoms with van der Waals surface area (Å²) < 4.78 is 5.57. The average molecular weight is 255 g/mol. The lowest BCUT2D eigenvalue weighted by Crippen LogP contribution is -1.96. The Labute approximate surface area is 93.6 Å². The van der Waals surface area contributed by atoms with Crippen LogP contribution in [0, 0.1) is 12.8 Å². The molecule has 14 heavy (non-hydrogen) atoms. The second-order valence-corrected chi connectivity index (χ2v) is 4.56. The van der Waals surface area contributed by atoms with E-state index in [0.717, 1.165) is 11.7 Å². The average Bonchev–Trinajstić information content (AvgIpc) is 2.53. The van der Waals surface area contributed by atoms with E-state index < -0.39 is 0 Å². The Kier molecular flexibility index (Phi) is 2.82. The minimum absolute atomic E-state index is 0.580. The lowest BCUT2D eigenvalue weighted by molar-refractivity contribution is 0.392. The summed E-state index contributed by atoms with van der Waals surface area (Å²) in [5, 5.41) is 0. The van der Waals surface area contributed by atoms with Crippen LogP contribution in [0.1, 0.15) is 23.6 Å². The maximum Gasteiger partial charge on any atom is 0.143 e. The van der Waals surface area contributed by atoms with Crippen LogP contribution in [0.25, 0.3) is 0 Å². The molecule has 1 unspecified atom stereocenters. The van der Waals surface area contributed by atoms with Crippen molar-refractivity contribution in [2.45, 2.75) is 26.7 Å². The third-order valence-electron chi connectivity index (χ3n) is 2.94. The van der Waals surface area contributed by atoms with E-state index in [4.69, 9.17) is 4.74 Å². The molecule has 1 aliphatic rings. The first-order valence-corrected chi connectivity index (χ1v) is 6.14. The lowest BCUT2D eigenvalue weighted by Gasteiger charge is -2.10. The predicted octanol–water partition coefficient (Wildman–Crippen LogP) is 3.46. The summed E-state index contributed by atoms with van der Waals surface area (Å²) in [7, 11) is 0. The zero-order chi connectivity index (χ0) is 10.1. The van der Waals surface area contributed by atoms with Gasteiger partial charge < -0.3 is 4.74 Å². The lowest BCUT2D eigenvalue weighted by atomic mass is 10.0. The van der Waals surface area contributed by atoms with Crippen molar-refractivity contribution >= 4 is 15.9 Å². The van der Waals surface area contributed by atoms with Crippen LogP contribution in [0.15, 0.2) is 12.1 Å². The molecule has 0 saturated heterocycles. The molecule has 2 rings (SSSR count). The Balaban J connectivity index is 2.42. The van der Waals surface area contributed by atoms with Crippen molar-refractivity contribution in [2.75, 3.05) is 5.52 Å². The van der Waals surface area contributed by atoms with Crippen LogP contribution in [0.3, 0.4) is 0 Å². The highest BCUT2D eigenvalue weighted by molar-refractivity contribution is 9.09. The Morgan fingerprint density at radius 1 is 1.36 bits per heavy atom. The van der Waals surface area contributed by atoms with Crippen molar-refractivity contribution in [2.24, 2.45) is 5.92 Å². The SMILES string of the molecule is Cc1ccc(OCBr)c2c1CC(C)C2. The monoisotopic (exact) mass is 254 g/mol. The molecule has 0 saturated carbocycles. The van der Waals surface area contributed by atoms with E-state index in [1.54, 1.807) is 0 Å². The van der Waals surface area contributed by atoms with Crippen LogP contribution in [-0.4, -0.2) is 5.52 Å². The largest absolute Gasteiger partial charge is 0.482 e. The zero-order valence-electron chi connectivity index (χ0n) is 8.64. The number of alkyl halides is 1. The van der Waals surface area contributed by atoms with Crippen molar-refractivity contribution in [1.29, 1.82) is 0 Å². The van der Waals surface area contributed by atoms with E-state index in [0.29, 0.717) is 5.52 Å². The molecule has 0 aliphatic heterocycles. The van der Waals surface area contributed by atoms with E-state index in [9.17, 15) is 0 Å². The molecule has 1 atom stereocenters. The van der Waals surface area contributed by atoms with Gasteiger partial charge in [-0.25, -0.2) is 0 Å². The standard InChI is InChI=1S/C12H15BrO/c1-8-5-10-9(2)3-4-12(14-7-13)11(10)6-8/h3-4,8H,5-7H2,1-2H3. The fourth-order valence-electron chi connectivity index (χ4n) is 2.26.